The highest BCUT2D eigenvalue weighted by Crippen LogP contribution is 2.32. The Morgan fingerprint density at radius 2 is 2.06 bits per heavy atom. The van der Waals surface area contributed by atoms with E-state index < -0.39 is 0 Å². The number of rotatable bonds is 6. The first-order chi connectivity index (χ1) is 7.73. The highest BCUT2D eigenvalue weighted by atomic mass is 16.3. The summed E-state index contributed by atoms with van der Waals surface area (Å²) in [4.78, 5) is 0. The van der Waals surface area contributed by atoms with E-state index in [0.717, 1.165) is 13.0 Å². The van der Waals surface area contributed by atoms with Crippen LogP contribution in [0, 0.1) is 17.2 Å². The van der Waals surface area contributed by atoms with E-state index in [2.05, 4.69) is 18.3 Å². The van der Waals surface area contributed by atoms with Crippen LogP contribution in [0.15, 0.2) is 0 Å². The molecule has 1 rings (SSSR count). The second-order valence-corrected chi connectivity index (χ2v) is 5.10. The molecule has 0 bridgehead atoms. The third kappa shape index (κ3) is 3.77. The van der Waals surface area contributed by atoms with Crippen LogP contribution in [0.3, 0.4) is 0 Å². The molecule has 16 heavy (non-hydrogen) atoms. The van der Waals surface area contributed by atoms with Gasteiger partial charge in [-0.3, -0.25) is 0 Å². The Hall–Kier alpha value is -0.590. The minimum absolute atomic E-state index is 0.143. The fraction of sp³-hybridized carbons (Fsp3) is 0.923. The molecule has 0 spiro atoms. The molecule has 0 radical (unpaired) electrons. The number of nitriles is 1. The van der Waals surface area contributed by atoms with Crippen molar-refractivity contribution in [3.8, 4) is 6.07 Å². The summed E-state index contributed by atoms with van der Waals surface area (Å²) in [5.41, 5.74) is -0.143. The van der Waals surface area contributed by atoms with E-state index in [0.29, 0.717) is 12.3 Å². The lowest BCUT2D eigenvalue weighted by molar-refractivity contribution is 0.0953. The van der Waals surface area contributed by atoms with Gasteiger partial charge >= 0.3 is 0 Å². The Morgan fingerprint density at radius 1 is 1.38 bits per heavy atom. The smallest absolute Gasteiger partial charge is 0.0622 e. The molecule has 1 saturated carbocycles. The van der Waals surface area contributed by atoms with Crippen molar-refractivity contribution in [2.45, 2.75) is 57.4 Å². The van der Waals surface area contributed by atoms with Gasteiger partial charge in [0.05, 0.1) is 12.7 Å². The van der Waals surface area contributed by atoms with Crippen LogP contribution < -0.4 is 5.32 Å². The number of aliphatic hydroxyl groups excluding tert-OH is 1. The molecule has 0 aliphatic heterocycles. The molecule has 1 fully saturated rings. The summed E-state index contributed by atoms with van der Waals surface area (Å²) in [5, 5.41) is 21.5. The molecule has 3 heteroatoms. The van der Waals surface area contributed by atoms with Crippen molar-refractivity contribution in [1.29, 1.82) is 5.26 Å². The molecule has 0 aromatic heterocycles. The van der Waals surface area contributed by atoms with Crippen LogP contribution >= 0.6 is 0 Å². The van der Waals surface area contributed by atoms with Gasteiger partial charge in [-0.25, -0.2) is 0 Å². The van der Waals surface area contributed by atoms with Gasteiger partial charge < -0.3 is 10.4 Å². The van der Waals surface area contributed by atoms with Crippen molar-refractivity contribution >= 4 is 0 Å². The van der Waals surface area contributed by atoms with Gasteiger partial charge in [-0.15, -0.1) is 0 Å². The van der Waals surface area contributed by atoms with Crippen molar-refractivity contribution in [2.24, 2.45) is 5.92 Å². The number of hydrogen-bond donors (Lipinski definition) is 2. The van der Waals surface area contributed by atoms with Gasteiger partial charge in [0.1, 0.15) is 0 Å². The van der Waals surface area contributed by atoms with Gasteiger partial charge in [-0.05, 0) is 38.6 Å². The van der Waals surface area contributed by atoms with Gasteiger partial charge in [0.2, 0.25) is 0 Å². The van der Waals surface area contributed by atoms with Crippen LogP contribution in [0.5, 0.6) is 0 Å². The first-order valence-corrected chi connectivity index (χ1v) is 6.46. The lowest BCUT2D eigenvalue weighted by Gasteiger charge is -2.39. The quantitative estimate of drug-likeness (QED) is 0.680. The summed E-state index contributed by atoms with van der Waals surface area (Å²) in [6, 6.07) is 2.15. The third-order valence-electron chi connectivity index (χ3n) is 3.83. The largest absolute Gasteiger partial charge is 0.394 e. The molecule has 0 saturated heterocycles. The van der Waals surface area contributed by atoms with E-state index >= 15 is 0 Å². The molecule has 3 nitrogen and oxygen atoms in total. The van der Waals surface area contributed by atoms with Crippen molar-refractivity contribution in [1.82, 2.24) is 5.32 Å². The first kappa shape index (κ1) is 13.5. The molecule has 0 unspecified atom stereocenters. The van der Waals surface area contributed by atoms with E-state index in [4.69, 9.17) is 5.26 Å². The summed E-state index contributed by atoms with van der Waals surface area (Å²) in [6.45, 7) is 3.15. The topological polar surface area (TPSA) is 56.0 Å². The lowest BCUT2D eigenvalue weighted by atomic mass is 9.76. The van der Waals surface area contributed by atoms with E-state index in [-0.39, 0.29) is 12.1 Å². The van der Waals surface area contributed by atoms with Crippen molar-refractivity contribution in [2.75, 3.05) is 13.2 Å². The zero-order valence-corrected chi connectivity index (χ0v) is 10.3. The molecule has 0 aromatic carbocycles. The molecule has 1 atom stereocenters. The predicted molar refractivity (Wildman–Crippen MR) is 64.9 cm³/mol. The SMILES string of the molecule is C[C@@](CO)(NCCCC#N)C1CCCCC1. The van der Waals surface area contributed by atoms with Gasteiger partial charge in [-0.1, -0.05) is 19.3 Å². The molecule has 0 heterocycles. The van der Waals surface area contributed by atoms with Crippen LogP contribution in [0.4, 0.5) is 0 Å². The monoisotopic (exact) mass is 224 g/mol. The molecular formula is C13H24N2O. The Balaban J connectivity index is 2.38. The summed E-state index contributed by atoms with van der Waals surface area (Å²) in [6.07, 6.45) is 7.84. The van der Waals surface area contributed by atoms with Crippen LogP contribution in [0.1, 0.15) is 51.9 Å². The van der Waals surface area contributed by atoms with Crippen molar-refractivity contribution in [3.63, 3.8) is 0 Å². The Morgan fingerprint density at radius 3 is 2.62 bits per heavy atom. The van der Waals surface area contributed by atoms with Gasteiger partial charge in [-0.2, -0.15) is 5.26 Å². The zero-order valence-electron chi connectivity index (χ0n) is 10.3. The maximum atomic E-state index is 9.57. The Bertz CT molecular complexity index is 231. The zero-order chi connectivity index (χ0) is 11.9. The minimum Gasteiger partial charge on any atom is -0.394 e. The van der Waals surface area contributed by atoms with Gasteiger partial charge in [0.15, 0.2) is 0 Å². The molecule has 92 valence electrons. The molecular weight excluding hydrogens is 200 g/mol. The number of unbranched alkanes of at least 4 members (excludes halogenated alkanes) is 1. The maximum Gasteiger partial charge on any atom is 0.0622 e. The Labute approximate surface area is 98.8 Å². The fourth-order valence-electron chi connectivity index (χ4n) is 2.61. The highest BCUT2D eigenvalue weighted by molar-refractivity contribution is 4.91. The van der Waals surface area contributed by atoms with Gasteiger partial charge in [0, 0.05) is 12.0 Å². The number of hydrogen-bond acceptors (Lipinski definition) is 3. The third-order valence-corrected chi connectivity index (χ3v) is 3.83. The van der Waals surface area contributed by atoms with Crippen molar-refractivity contribution < 1.29 is 5.11 Å². The summed E-state index contributed by atoms with van der Waals surface area (Å²) < 4.78 is 0. The highest BCUT2D eigenvalue weighted by Gasteiger charge is 2.33. The number of nitrogens with one attached hydrogen (secondary N) is 1. The molecule has 0 amide bonds. The maximum absolute atomic E-state index is 9.57. The normalized spacial score (nSPS) is 21.3. The standard InChI is InChI=1S/C13H24N2O/c1-13(11-16,15-10-6-5-9-14)12-7-3-2-4-8-12/h12,15-16H,2-8,10-11H2,1H3/t13-/m0/s1. The predicted octanol–water partition coefficient (Wildman–Crippen LogP) is 2.21. The van der Waals surface area contributed by atoms with Crippen LogP contribution in [-0.2, 0) is 0 Å². The van der Waals surface area contributed by atoms with E-state index in [1.807, 2.05) is 0 Å². The Kier molecular flexibility index (Phi) is 5.79. The fourth-order valence-corrected chi connectivity index (χ4v) is 2.61. The van der Waals surface area contributed by atoms with Crippen LogP contribution in [-0.4, -0.2) is 23.8 Å². The van der Waals surface area contributed by atoms with Crippen LogP contribution in [0.2, 0.25) is 0 Å². The van der Waals surface area contributed by atoms with E-state index in [1.54, 1.807) is 0 Å². The van der Waals surface area contributed by atoms with Crippen LogP contribution in [0.25, 0.3) is 0 Å². The minimum atomic E-state index is -0.143. The second-order valence-electron chi connectivity index (χ2n) is 5.10. The average Bonchev–Trinajstić information content (AvgIpc) is 2.35. The summed E-state index contributed by atoms with van der Waals surface area (Å²) in [7, 11) is 0. The first-order valence-electron chi connectivity index (χ1n) is 6.46. The van der Waals surface area contributed by atoms with E-state index in [1.165, 1.54) is 32.1 Å². The number of aliphatic hydroxyl groups is 1. The summed E-state index contributed by atoms with van der Waals surface area (Å²) >= 11 is 0. The molecule has 2 N–H and O–H groups in total. The van der Waals surface area contributed by atoms with Crippen molar-refractivity contribution in [3.05, 3.63) is 0 Å². The van der Waals surface area contributed by atoms with Gasteiger partial charge in [0.25, 0.3) is 0 Å². The van der Waals surface area contributed by atoms with E-state index in [9.17, 15) is 5.11 Å². The summed E-state index contributed by atoms with van der Waals surface area (Å²) in [5.74, 6) is 0.591. The molecule has 0 aromatic rings. The molecule has 1 aliphatic carbocycles. The number of nitrogens with zero attached hydrogens (tertiary/aromatic N) is 1. The molecule has 1 aliphatic rings. The average molecular weight is 224 g/mol. The second kappa shape index (κ2) is 6.88. The lowest BCUT2D eigenvalue weighted by Crippen LogP contribution is -2.52.